The molecule has 2 aromatic heterocycles. The van der Waals surface area contributed by atoms with Crippen molar-refractivity contribution in [3.05, 3.63) is 29.5 Å². The van der Waals surface area contributed by atoms with E-state index in [2.05, 4.69) is 44.5 Å². The Bertz CT molecular complexity index is 1180. The Kier molecular flexibility index (Phi) is 6.43. The second kappa shape index (κ2) is 9.75. The zero-order valence-corrected chi connectivity index (χ0v) is 21.5. The molecule has 2 aromatic rings. The van der Waals surface area contributed by atoms with Crippen LogP contribution in [0.5, 0.6) is 0 Å². The summed E-state index contributed by atoms with van der Waals surface area (Å²) in [6, 6.07) is 3.98. The smallest absolute Gasteiger partial charge is 0.143 e. The van der Waals surface area contributed by atoms with Crippen LogP contribution in [0.2, 0.25) is 0 Å². The van der Waals surface area contributed by atoms with E-state index in [9.17, 15) is 5.11 Å². The molecule has 0 aromatic carbocycles. The summed E-state index contributed by atoms with van der Waals surface area (Å²) >= 11 is 0. The molecule has 6 rings (SSSR count). The van der Waals surface area contributed by atoms with Gasteiger partial charge in [0.25, 0.3) is 0 Å². The predicted octanol–water partition coefficient (Wildman–Crippen LogP) is 3.15. The van der Waals surface area contributed by atoms with Crippen molar-refractivity contribution in [3.8, 4) is 11.8 Å². The van der Waals surface area contributed by atoms with Crippen molar-refractivity contribution in [2.75, 3.05) is 43.1 Å². The maximum absolute atomic E-state index is 12.0. The van der Waals surface area contributed by atoms with Crippen molar-refractivity contribution in [1.29, 1.82) is 5.41 Å². The number of aromatic nitrogens is 3. The van der Waals surface area contributed by atoms with Crippen LogP contribution in [0.4, 0.5) is 17.5 Å². The van der Waals surface area contributed by atoms with Gasteiger partial charge in [0.1, 0.15) is 17.5 Å². The first kappa shape index (κ1) is 24.4. The third kappa shape index (κ3) is 4.74. The molecule has 0 bridgehead atoms. The molecule has 4 heterocycles. The summed E-state index contributed by atoms with van der Waals surface area (Å²) in [5.74, 6) is 9.99. The largest absolute Gasteiger partial charge is 0.385 e. The Hall–Kier alpha value is -2.93. The molecule has 4 aliphatic rings. The Labute approximate surface area is 218 Å². The van der Waals surface area contributed by atoms with Gasteiger partial charge in [-0.05, 0) is 62.5 Å². The number of morpholine rings is 1. The lowest BCUT2D eigenvalue weighted by atomic mass is 9.59. The van der Waals surface area contributed by atoms with E-state index in [1.165, 1.54) is 19.1 Å². The van der Waals surface area contributed by atoms with Crippen molar-refractivity contribution < 1.29 is 9.84 Å². The average Bonchev–Trinajstić information content (AvgIpc) is 3.36. The number of ether oxygens (including phenoxy) is 1. The Morgan fingerprint density at radius 1 is 1.24 bits per heavy atom. The molecule has 0 amide bonds. The van der Waals surface area contributed by atoms with Gasteiger partial charge < -0.3 is 30.8 Å². The fraction of sp³-hybridized carbons (Fsp3) is 0.607. The van der Waals surface area contributed by atoms with E-state index in [-0.39, 0.29) is 6.04 Å². The quantitative estimate of drug-likeness (QED) is 0.314. The van der Waals surface area contributed by atoms with E-state index in [4.69, 9.17) is 15.1 Å². The summed E-state index contributed by atoms with van der Waals surface area (Å²) in [6.07, 6.45) is 8.40. The highest BCUT2D eigenvalue weighted by atomic mass is 16.5. The monoisotopic (exact) mass is 503 g/mol. The number of nitrogens with one attached hydrogen (secondary N) is 4. The van der Waals surface area contributed by atoms with Gasteiger partial charge in [0.05, 0.1) is 31.1 Å². The second-order valence-corrected chi connectivity index (χ2v) is 11.5. The normalized spacial score (nSPS) is 29.1. The Morgan fingerprint density at radius 2 is 2.03 bits per heavy atom. The van der Waals surface area contributed by atoms with Gasteiger partial charge in [-0.2, -0.15) is 5.10 Å². The van der Waals surface area contributed by atoms with Crippen LogP contribution in [0.1, 0.15) is 56.6 Å². The van der Waals surface area contributed by atoms with Gasteiger partial charge in [-0.15, -0.1) is 0 Å². The average molecular weight is 504 g/mol. The molecular weight excluding hydrogens is 466 g/mol. The lowest BCUT2D eigenvalue weighted by Gasteiger charge is -2.53. The van der Waals surface area contributed by atoms with Gasteiger partial charge in [-0.25, -0.2) is 4.98 Å². The van der Waals surface area contributed by atoms with Crippen LogP contribution in [-0.2, 0) is 10.3 Å². The third-order valence-electron chi connectivity index (χ3n) is 8.77. The van der Waals surface area contributed by atoms with Crippen molar-refractivity contribution in [2.45, 2.75) is 57.1 Å². The number of anilines is 3. The molecule has 2 saturated carbocycles. The molecule has 2 saturated heterocycles. The SMILES string of the molecule is C[C@@H]1COCCN1c1cc(C2(O)CCC(C#CC3CC4(CNC4)C3)CC2)c(C=N)c(Nc2ccn[nH]2)n1. The van der Waals surface area contributed by atoms with Crippen LogP contribution >= 0.6 is 0 Å². The first-order valence-electron chi connectivity index (χ1n) is 13.6. The number of H-pyrrole nitrogens is 1. The lowest BCUT2D eigenvalue weighted by Crippen LogP contribution is -2.59. The van der Waals surface area contributed by atoms with E-state index < -0.39 is 5.60 Å². The van der Waals surface area contributed by atoms with Crippen LogP contribution < -0.4 is 15.5 Å². The second-order valence-electron chi connectivity index (χ2n) is 11.5. The van der Waals surface area contributed by atoms with Gasteiger partial charge in [-0.3, -0.25) is 5.10 Å². The van der Waals surface area contributed by atoms with Crippen molar-refractivity contribution in [1.82, 2.24) is 20.5 Å². The van der Waals surface area contributed by atoms with E-state index in [0.29, 0.717) is 60.5 Å². The molecular formula is C28H37N7O2. The molecule has 0 radical (unpaired) electrons. The number of pyridine rings is 1. The van der Waals surface area contributed by atoms with E-state index in [1.807, 2.05) is 12.1 Å². The number of aliphatic hydroxyl groups is 1. The summed E-state index contributed by atoms with van der Waals surface area (Å²) in [7, 11) is 0. The Balaban J connectivity index is 1.24. The van der Waals surface area contributed by atoms with Gasteiger partial charge in [-0.1, -0.05) is 11.8 Å². The number of rotatable bonds is 5. The zero-order valence-electron chi connectivity index (χ0n) is 21.5. The number of aromatic amines is 1. The van der Waals surface area contributed by atoms with Crippen molar-refractivity contribution >= 4 is 23.7 Å². The Morgan fingerprint density at radius 3 is 2.68 bits per heavy atom. The van der Waals surface area contributed by atoms with E-state index in [0.717, 1.165) is 43.9 Å². The van der Waals surface area contributed by atoms with Gasteiger partial charge in [0, 0.05) is 49.3 Å². The number of nitrogens with zero attached hydrogens (tertiary/aromatic N) is 3. The van der Waals surface area contributed by atoms with Gasteiger partial charge in [0.15, 0.2) is 0 Å². The highest BCUT2D eigenvalue weighted by molar-refractivity contribution is 5.89. The highest BCUT2D eigenvalue weighted by Gasteiger charge is 2.47. The van der Waals surface area contributed by atoms with Crippen LogP contribution in [0.25, 0.3) is 0 Å². The van der Waals surface area contributed by atoms with E-state index in [1.54, 1.807) is 6.20 Å². The first-order valence-corrected chi connectivity index (χ1v) is 13.6. The van der Waals surface area contributed by atoms with E-state index >= 15 is 0 Å². The molecule has 196 valence electrons. The van der Waals surface area contributed by atoms with Crippen LogP contribution in [-0.4, -0.2) is 65.4 Å². The molecule has 2 aliphatic carbocycles. The molecule has 5 N–H and O–H groups in total. The summed E-state index contributed by atoms with van der Waals surface area (Å²) in [5, 5.41) is 33.8. The molecule has 4 fully saturated rings. The fourth-order valence-corrected chi connectivity index (χ4v) is 6.44. The highest BCUT2D eigenvalue weighted by Crippen LogP contribution is 2.48. The number of hydrogen-bond acceptors (Lipinski definition) is 8. The maximum Gasteiger partial charge on any atom is 0.143 e. The molecule has 1 spiro atoms. The zero-order chi connectivity index (χ0) is 25.5. The summed E-state index contributed by atoms with van der Waals surface area (Å²) in [5.41, 5.74) is 0.896. The molecule has 9 nitrogen and oxygen atoms in total. The van der Waals surface area contributed by atoms with Crippen LogP contribution in [0.15, 0.2) is 18.3 Å². The molecule has 0 unspecified atom stereocenters. The van der Waals surface area contributed by atoms with Crippen LogP contribution in [0.3, 0.4) is 0 Å². The topological polar surface area (TPSA) is 122 Å². The lowest BCUT2D eigenvalue weighted by molar-refractivity contribution is -0.00816. The minimum absolute atomic E-state index is 0.168. The molecule has 1 atom stereocenters. The van der Waals surface area contributed by atoms with Crippen molar-refractivity contribution in [3.63, 3.8) is 0 Å². The minimum Gasteiger partial charge on any atom is -0.385 e. The molecule has 2 aliphatic heterocycles. The van der Waals surface area contributed by atoms with Crippen molar-refractivity contribution in [2.24, 2.45) is 17.3 Å². The molecule has 9 heteroatoms. The van der Waals surface area contributed by atoms with Gasteiger partial charge in [0.2, 0.25) is 0 Å². The fourth-order valence-electron chi connectivity index (χ4n) is 6.44. The summed E-state index contributed by atoms with van der Waals surface area (Å²) in [4.78, 5) is 7.13. The summed E-state index contributed by atoms with van der Waals surface area (Å²) < 4.78 is 5.65. The van der Waals surface area contributed by atoms with Crippen LogP contribution in [0, 0.1) is 34.5 Å². The first-order chi connectivity index (χ1) is 18.0. The standard InChI is InChI=1S/C28H37N7O2/c1-19-16-37-11-10-35(19)25-12-23(22(15-29)26(33-25)32-24-6-9-31-34-24)28(36)7-4-20(5-8-28)2-3-21-13-27(14-21)17-30-18-27/h6,9,12,15,19-21,29-30,36H,4-5,7-8,10-11,13-14,16-18H2,1H3,(H2,31,32,33,34)/t19-,20?,28?/m1/s1. The predicted molar refractivity (Wildman–Crippen MR) is 143 cm³/mol. The summed E-state index contributed by atoms with van der Waals surface area (Å²) in [6.45, 7) is 6.44. The molecule has 37 heavy (non-hydrogen) atoms. The minimum atomic E-state index is -1.03. The van der Waals surface area contributed by atoms with Gasteiger partial charge >= 0.3 is 0 Å². The maximum atomic E-state index is 12.0. The number of hydrogen-bond donors (Lipinski definition) is 5. The third-order valence-corrected chi connectivity index (χ3v) is 8.77.